The summed E-state index contributed by atoms with van der Waals surface area (Å²) in [6.45, 7) is 1.77. The third-order valence-corrected chi connectivity index (χ3v) is 4.50. The van der Waals surface area contributed by atoms with Gasteiger partial charge in [0.05, 0.1) is 12.8 Å². The Morgan fingerprint density at radius 3 is 2.29 bits per heavy atom. The van der Waals surface area contributed by atoms with Gasteiger partial charge in [-0.15, -0.1) is 0 Å². The van der Waals surface area contributed by atoms with Crippen LogP contribution < -0.4 is 0 Å². The van der Waals surface area contributed by atoms with Crippen molar-refractivity contribution in [2.24, 2.45) is 0 Å². The average molecular weight is 158 g/mol. The molecule has 0 fully saturated rings. The highest BCUT2D eigenvalue weighted by Gasteiger charge is 2.06. The molecule has 5 heteroatoms. The normalized spacial score (nSPS) is 18.9. The maximum atomic E-state index is 8.67. The van der Waals surface area contributed by atoms with Gasteiger partial charge in [0.15, 0.2) is 0 Å². The quantitative estimate of drug-likeness (QED) is 0.474. The lowest BCUT2D eigenvalue weighted by Crippen LogP contribution is -1.84. The number of hydrogen-bond donors (Lipinski definition) is 2. The van der Waals surface area contributed by atoms with Crippen molar-refractivity contribution in [3.63, 3.8) is 0 Å². The summed E-state index contributed by atoms with van der Waals surface area (Å²) in [4.78, 5) is 8.63. The first-order valence-corrected chi connectivity index (χ1v) is 5.53. The van der Waals surface area contributed by atoms with Gasteiger partial charge in [-0.3, -0.25) is 0 Å². The van der Waals surface area contributed by atoms with Crippen molar-refractivity contribution in [3.05, 3.63) is 0 Å². The summed E-state index contributed by atoms with van der Waals surface area (Å²) < 4.78 is 8.26. The van der Waals surface area contributed by atoms with Crippen molar-refractivity contribution < 1.29 is 9.45 Å². The molecule has 44 valence electrons. The third kappa shape index (κ3) is 3.69. The Labute approximate surface area is 50.8 Å². The molecule has 0 rings (SSSR count). The Bertz CT molecular complexity index is 51.0. The van der Waals surface area contributed by atoms with Crippen LogP contribution in [0.15, 0.2) is 0 Å². The predicted octanol–water partition coefficient (Wildman–Crippen LogP) is 1.72. The Kier molecular flexibility index (Phi) is 4.71. The Balaban J connectivity index is 3.14. The molecule has 0 aromatic heterocycles. The zero-order valence-corrected chi connectivity index (χ0v) is 6.77. The Morgan fingerprint density at radius 2 is 2.29 bits per heavy atom. The van der Waals surface area contributed by atoms with Gasteiger partial charge >= 0.3 is 0 Å². The van der Waals surface area contributed by atoms with E-state index in [1.807, 2.05) is 0 Å². The molecule has 0 saturated carbocycles. The maximum Gasteiger partial charge on any atom is 0.0753 e. The van der Waals surface area contributed by atoms with E-state index in [1.54, 1.807) is 6.92 Å². The van der Waals surface area contributed by atoms with Crippen LogP contribution in [0.25, 0.3) is 0 Å². The van der Waals surface area contributed by atoms with Crippen LogP contribution in [0.1, 0.15) is 6.92 Å². The lowest BCUT2D eigenvalue weighted by Gasteiger charge is -2.06. The minimum Gasteiger partial charge on any atom is -0.369 e. The molecule has 0 aliphatic carbocycles. The van der Waals surface area contributed by atoms with E-state index in [4.69, 9.17) is 9.45 Å². The van der Waals surface area contributed by atoms with Crippen molar-refractivity contribution in [2.75, 3.05) is 0 Å². The van der Waals surface area contributed by atoms with Crippen LogP contribution in [0.5, 0.6) is 0 Å². The first-order valence-electron chi connectivity index (χ1n) is 1.71. The molecule has 7 heavy (non-hydrogen) atoms. The summed E-state index contributed by atoms with van der Waals surface area (Å²) in [6, 6.07) is 0. The van der Waals surface area contributed by atoms with E-state index in [1.165, 1.54) is 0 Å². The van der Waals surface area contributed by atoms with Crippen LogP contribution in [0, 0.1) is 0 Å². The summed E-state index contributed by atoms with van der Waals surface area (Å²) in [5.74, 6) is 0. The largest absolute Gasteiger partial charge is 0.369 e. The molecule has 0 aromatic carbocycles. The van der Waals surface area contributed by atoms with Gasteiger partial charge in [0.1, 0.15) is 0 Å². The van der Waals surface area contributed by atoms with Gasteiger partial charge in [0, 0.05) is 0 Å². The van der Waals surface area contributed by atoms with Crippen LogP contribution >= 0.6 is 28.8 Å². The third-order valence-electron chi connectivity index (χ3n) is 0.525. The van der Waals surface area contributed by atoms with E-state index in [9.17, 15) is 0 Å². The first kappa shape index (κ1) is 8.13. The minimum atomic E-state index is -1.03. The van der Waals surface area contributed by atoms with Crippen LogP contribution in [-0.4, -0.2) is 14.4 Å². The summed E-state index contributed by atoms with van der Waals surface area (Å²) in [6.07, 6.45) is 0. The van der Waals surface area contributed by atoms with E-state index in [2.05, 4.69) is 8.93 Å². The van der Waals surface area contributed by atoms with Gasteiger partial charge in [0.25, 0.3) is 0 Å². The van der Waals surface area contributed by atoms with E-state index < -0.39 is 7.84 Å². The van der Waals surface area contributed by atoms with Crippen molar-refractivity contribution in [1.82, 2.24) is 0 Å². The SMILES string of the molecule is CC(SO)P(O)P. The molecule has 0 aromatic rings. The van der Waals surface area contributed by atoms with Crippen LogP contribution in [0.4, 0.5) is 0 Å². The standard InChI is InChI=1S/C2H8O2P2S/c1-2(7-4)6(3)5/h2-4H,5H2,1H3. The molecule has 0 heterocycles. The second kappa shape index (κ2) is 4.05. The molecule has 3 atom stereocenters. The number of hydrogen-bond acceptors (Lipinski definition) is 3. The molecule has 2 nitrogen and oxygen atoms in total. The molecule has 0 spiro atoms. The molecular weight excluding hydrogens is 150 g/mol. The molecule has 0 saturated heterocycles. The van der Waals surface area contributed by atoms with E-state index in [0.717, 1.165) is 0 Å². The molecule has 2 N–H and O–H groups in total. The molecule has 0 amide bonds. The van der Waals surface area contributed by atoms with Crippen molar-refractivity contribution in [1.29, 1.82) is 0 Å². The van der Waals surface area contributed by atoms with Gasteiger partial charge in [-0.2, -0.15) is 0 Å². The Hall–Kier alpha value is 1.13. The average Bonchev–Trinajstić information content (AvgIpc) is 1.65. The zero-order valence-electron chi connectivity index (χ0n) is 3.90. The summed E-state index contributed by atoms with van der Waals surface area (Å²) in [5, 5.41) is 0. The van der Waals surface area contributed by atoms with Gasteiger partial charge in [-0.25, -0.2) is 0 Å². The molecule has 0 bridgehead atoms. The molecule has 3 unspecified atom stereocenters. The van der Waals surface area contributed by atoms with E-state index >= 15 is 0 Å². The monoisotopic (exact) mass is 158 g/mol. The molecular formula is C2H8O2P2S. The topological polar surface area (TPSA) is 40.5 Å². The summed E-state index contributed by atoms with van der Waals surface area (Å²) >= 11 is 0.691. The van der Waals surface area contributed by atoms with Crippen LogP contribution in [0.3, 0.4) is 0 Å². The van der Waals surface area contributed by atoms with E-state index in [-0.39, 0.29) is 4.99 Å². The fourth-order valence-electron chi connectivity index (χ4n) is 0.0483. The smallest absolute Gasteiger partial charge is 0.0753 e. The first-order chi connectivity index (χ1) is 3.18. The number of rotatable bonds is 2. The summed E-state index contributed by atoms with van der Waals surface area (Å²) in [5.41, 5.74) is 0. The fourth-order valence-corrected chi connectivity index (χ4v) is 0.925. The lowest BCUT2D eigenvalue weighted by molar-refractivity contribution is 0.630. The van der Waals surface area contributed by atoms with Gasteiger partial charge < -0.3 is 9.45 Å². The predicted molar refractivity (Wildman–Crippen MR) is 38.5 cm³/mol. The molecule has 0 aliphatic heterocycles. The minimum absolute atomic E-state index is 0.0417. The highest BCUT2D eigenvalue weighted by atomic mass is 32.2. The Morgan fingerprint density at radius 1 is 1.86 bits per heavy atom. The second-order valence-corrected chi connectivity index (χ2v) is 5.47. The highest BCUT2D eigenvalue weighted by molar-refractivity contribution is 8.18. The molecule has 0 aliphatic rings. The zero-order chi connectivity index (χ0) is 5.86. The van der Waals surface area contributed by atoms with Gasteiger partial charge in [0.2, 0.25) is 0 Å². The van der Waals surface area contributed by atoms with Crippen molar-refractivity contribution >= 4 is 28.8 Å². The fraction of sp³-hybridized carbons (Fsp3) is 1.00. The van der Waals surface area contributed by atoms with Gasteiger partial charge in [-0.1, -0.05) is 8.93 Å². The van der Waals surface area contributed by atoms with Crippen LogP contribution in [-0.2, 0) is 0 Å². The summed E-state index contributed by atoms with van der Waals surface area (Å²) in [7, 11) is 1.23. The second-order valence-electron chi connectivity index (χ2n) is 1.08. The van der Waals surface area contributed by atoms with E-state index in [0.29, 0.717) is 12.0 Å². The maximum absolute atomic E-state index is 8.67. The van der Waals surface area contributed by atoms with Crippen LogP contribution in [0.2, 0.25) is 0 Å². The van der Waals surface area contributed by atoms with Crippen molar-refractivity contribution in [2.45, 2.75) is 11.9 Å². The van der Waals surface area contributed by atoms with Crippen molar-refractivity contribution in [3.8, 4) is 0 Å². The lowest BCUT2D eigenvalue weighted by atomic mass is 11.0. The van der Waals surface area contributed by atoms with Gasteiger partial charge in [-0.05, 0) is 19.0 Å². The molecule has 0 radical (unpaired) electrons. The highest BCUT2D eigenvalue weighted by Crippen LogP contribution is 2.48.